The molecule has 1 aromatic heterocycles. The number of aryl methyl sites for hydroxylation is 1. The van der Waals surface area contributed by atoms with Crippen molar-refractivity contribution in [1.82, 2.24) is 15.8 Å². The zero-order chi connectivity index (χ0) is 23.4. The number of rotatable bonds is 5. The quantitative estimate of drug-likeness (QED) is 0.411. The maximum absolute atomic E-state index is 12.4. The van der Waals surface area contributed by atoms with Crippen LogP contribution in [0.1, 0.15) is 22.8 Å². The van der Waals surface area contributed by atoms with E-state index in [2.05, 4.69) is 15.8 Å². The number of ether oxygens (including phenoxy) is 1. The van der Waals surface area contributed by atoms with Crippen molar-refractivity contribution in [3.8, 4) is 17.0 Å². The average molecular weight is 441 g/mol. The molecule has 1 atom stereocenters. The first-order valence-electron chi connectivity index (χ1n) is 10.5. The number of nitrogens with one attached hydrogen (secondary N) is 3. The molecule has 0 bridgehead atoms. The van der Waals surface area contributed by atoms with E-state index in [0.717, 1.165) is 21.9 Å². The second-order valence-corrected chi connectivity index (χ2v) is 7.70. The van der Waals surface area contributed by atoms with Crippen molar-refractivity contribution in [2.24, 2.45) is 0 Å². The maximum Gasteiger partial charge on any atom is 0.279 e. The van der Waals surface area contributed by atoms with Gasteiger partial charge in [0.1, 0.15) is 11.3 Å². The fourth-order valence-electron chi connectivity index (χ4n) is 3.42. The van der Waals surface area contributed by atoms with Crippen LogP contribution in [0.2, 0.25) is 0 Å². The molecule has 1 heterocycles. The molecule has 4 aromatic rings. The van der Waals surface area contributed by atoms with Gasteiger partial charge in [0.25, 0.3) is 17.4 Å². The number of benzene rings is 3. The number of H-pyrrole nitrogens is 1. The van der Waals surface area contributed by atoms with Crippen molar-refractivity contribution in [2.45, 2.75) is 20.0 Å². The van der Waals surface area contributed by atoms with Crippen LogP contribution >= 0.6 is 0 Å². The van der Waals surface area contributed by atoms with Gasteiger partial charge in [0.2, 0.25) is 0 Å². The molecule has 0 saturated heterocycles. The third-order valence-corrected chi connectivity index (χ3v) is 5.19. The maximum atomic E-state index is 12.4. The minimum atomic E-state index is -0.867. The highest BCUT2D eigenvalue weighted by Crippen LogP contribution is 2.21. The van der Waals surface area contributed by atoms with Gasteiger partial charge in [-0.3, -0.25) is 25.2 Å². The molecule has 33 heavy (non-hydrogen) atoms. The molecule has 0 spiro atoms. The number of hydrazine groups is 1. The molecule has 0 aliphatic rings. The summed E-state index contributed by atoms with van der Waals surface area (Å²) >= 11 is 0. The van der Waals surface area contributed by atoms with E-state index < -0.39 is 23.5 Å². The molecule has 2 amide bonds. The number of carbonyl (C=O) groups is 2. The van der Waals surface area contributed by atoms with Crippen LogP contribution in [0.4, 0.5) is 0 Å². The van der Waals surface area contributed by atoms with Gasteiger partial charge in [-0.05, 0) is 60.5 Å². The Bertz CT molecular complexity index is 1390. The van der Waals surface area contributed by atoms with Crippen LogP contribution in [0, 0.1) is 6.92 Å². The van der Waals surface area contributed by atoms with Crippen molar-refractivity contribution in [3.05, 3.63) is 100 Å². The SMILES string of the molecule is Cc1cccc(-c2ccc(C(=O)NNC(=O)C(C)Oc3ccc4ccccc4c3)c(=O)[nH]2)c1. The topological polar surface area (TPSA) is 100 Å². The van der Waals surface area contributed by atoms with Crippen LogP contribution in [0.5, 0.6) is 5.75 Å². The number of aromatic amines is 1. The standard InChI is InChI=1S/C26H23N3O4/c1-16-6-5-9-20(14-16)23-13-12-22(25(31)27-23)26(32)29-28-24(30)17(2)33-21-11-10-18-7-3-4-8-19(18)15-21/h3-15,17H,1-2H3,(H,27,31)(H,28,30)(H,29,32). The van der Waals surface area contributed by atoms with Crippen LogP contribution in [-0.4, -0.2) is 22.9 Å². The Morgan fingerprint density at radius 2 is 1.67 bits per heavy atom. The smallest absolute Gasteiger partial charge is 0.279 e. The molecule has 1 unspecified atom stereocenters. The van der Waals surface area contributed by atoms with Crippen LogP contribution in [0.25, 0.3) is 22.0 Å². The zero-order valence-corrected chi connectivity index (χ0v) is 18.2. The summed E-state index contributed by atoms with van der Waals surface area (Å²) in [6.07, 6.45) is -0.867. The van der Waals surface area contributed by atoms with Crippen molar-refractivity contribution < 1.29 is 14.3 Å². The number of aromatic nitrogens is 1. The lowest BCUT2D eigenvalue weighted by Gasteiger charge is -2.15. The number of carbonyl (C=O) groups excluding carboxylic acids is 2. The Labute approximate surface area is 190 Å². The van der Waals surface area contributed by atoms with E-state index in [0.29, 0.717) is 11.4 Å². The minimum Gasteiger partial charge on any atom is -0.481 e. The molecule has 3 aromatic carbocycles. The van der Waals surface area contributed by atoms with E-state index >= 15 is 0 Å². The molecular weight excluding hydrogens is 418 g/mol. The van der Waals surface area contributed by atoms with E-state index in [1.165, 1.54) is 6.07 Å². The van der Waals surface area contributed by atoms with Gasteiger partial charge in [0, 0.05) is 5.69 Å². The normalized spacial score (nSPS) is 11.6. The summed E-state index contributed by atoms with van der Waals surface area (Å²) in [5.74, 6) is -0.742. The van der Waals surface area contributed by atoms with E-state index in [9.17, 15) is 14.4 Å². The zero-order valence-electron chi connectivity index (χ0n) is 18.2. The summed E-state index contributed by atoms with van der Waals surface area (Å²) < 4.78 is 5.69. The molecule has 0 fully saturated rings. The highest BCUT2D eigenvalue weighted by Gasteiger charge is 2.17. The summed E-state index contributed by atoms with van der Waals surface area (Å²) in [4.78, 5) is 39.9. The number of pyridine rings is 1. The lowest BCUT2D eigenvalue weighted by molar-refractivity contribution is -0.128. The lowest BCUT2D eigenvalue weighted by Crippen LogP contribution is -2.48. The van der Waals surface area contributed by atoms with Crippen LogP contribution in [0.15, 0.2) is 83.7 Å². The Hall–Kier alpha value is -4.39. The molecule has 4 rings (SSSR count). The molecule has 7 nitrogen and oxygen atoms in total. The molecule has 3 N–H and O–H groups in total. The van der Waals surface area contributed by atoms with Gasteiger partial charge in [0.15, 0.2) is 6.10 Å². The fraction of sp³-hybridized carbons (Fsp3) is 0.115. The monoisotopic (exact) mass is 441 g/mol. The van der Waals surface area contributed by atoms with Crippen LogP contribution in [-0.2, 0) is 4.79 Å². The highest BCUT2D eigenvalue weighted by atomic mass is 16.5. The third-order valence-electron chi connectivity index (χ3n) is 5.19. The summed E-state index contributed by atoms with van der Waals surface area (Å²) in [5, 5.41) is 2.05. The molecule has 0 radical (unpaired) electrons. The highest BCUT2D eigenvalue weighted by molar-refractivity contribution is 5.95. The molecule has 0 saturated carbocycles. The second-order valence-electron chi connectivity index (χ2n) is 7.70. The van der Waals surface area contributed by atoms with E-state index in [4.69, 9.17) is 4.74 Å². The Balaban J connectivity index is 1.37. The summed E-state index contributed by atoms with van der Waals surface area (Å²) in [5.41, 5.74) is 6.39. The van der Waals surface area contributed by atoms with Crippen molar-refractivity contribution in [3.63, 3.8) is 0 Å². The van der Waals surface area contributed by atoms with Gasteiger partial charge in [-0.15, -0.1) is 0 Å². The second kappa shape index (κ2) is 9.40. The molecular formula is C26H23N3O4. The van der Waals surface area contributed by atoms with Crippen molar-refractivity contribution >= 4 is 22.6 Å². The predicted octanol–water partition coefficient (Wildman–Crippen LogP) is 3.73. The molecule has 0 aliphatic carbocycles. The largest absolute Gasteiger partial charge is 0.481 e. The van der Waals surface area contributed by atoms with Crippen molar-refractivity contribution in [2.75, 3.05) is 0 Å². The number of hydrogen-bond acceptors (Lipinski definition) is 4. The van der Waals surface area contributed by atoms with Gasteiger partial charge in [-0.2, -0.15) is 0 Å². The van der Waals surface area contributed by atoms with Crippen LogP contribution < -0.4 is 21.1 Å². The average Bonchev–Trinajstić information content (AvgIpc) is 2.82. The first kappa shape index (κ1) is 21.8. The lowest BCUT2D eigenvalue weighted by atomic mass is 10.1. The summed E-state index contributed by atoms with van der Waals surface area (Å²) in [6, 6.07) is 24.1. The number of amides is 2. The Morgan fingerprint density at radius 1 is 0.879 bits per heavy atom. The van der Waals surface area contributed by atoms with Crippen molar-refractivity contribution in [1.29, 1.82) is 0 Å². The predicted molar refractivity (Wildman–Crippen MR) is 127 cm³/mol. The first-order valence-corrected chi connectivity index (χ1v) is 10.5. The van der Waals surface area contributed by atoms with Gasteiger partial charge >= 0.3 is 0 Å². The molecule has 7 heteroatoms. The Morgan fingerprint density at radius 3 is 2.42 bits per heavy atom. The van der Waals surface area contributed by atoms with E-state index in [-0.39, 0.29) is 5.56 Å². The summed E-state index contributed by atoms with van der Waals surface area (Å²) in [6.45, 7) is 3.52. The molecule has 166 valence electrons. The van der Waals surface area contributed by atoms with E-state index in [1.54, 1.807) is 19.1 Å². The van der Waals surface area contributed by atoms with E-state index in [1.807, 2.05) is 67.6 Å². The van der Waals surface area contributed by atoms with Gasteiger partial charge in [-0.1, -0.05) is 54.1 Å². The molecule has 0 aliphatic heterocycles. The summed E-state index contributed by atoms with van der Waals surface area (Å²) in [7, 11) is 0. The van der Waals surface area contributed by atoms with Gasteiger partial charge in [0.05, 0.1) is 0 Å². The minimum absolute atomic E-state index is 0.116. The fourth-order valence-corrected chi connectivity index (χ4v) is 3.42. The third kappa shape index (κ3) is 5.10. The van der Waals surface area contributed by atoms with Gasteiger partial charge in [-0.25, -0.2) is 0 Å². The number of fused-ring (bicyclic) bond motifs is 1. The number of hydrogen-bond donors (Lipinski definition) is 3. The Kier molecular flexibility index (Phi) is 6.22. The van der Waals surface area contributed by atoms with Gasteiger partial charge < -0.3 is 9.72 Å². The van der Waals surface area contributed by atoms with Crippen LogP contribution in [0.3, 0.4) is 0 Å². The first-order chi connectivity index (χ1) is 15.9.